The first-order valence-corrected chi connectivity index (χ1v) is 6.83. The van der Waals surface area contributed by atoms with Gasteiger partial charge in [-0.15, -0.1) is 0 Å². The summed E-state index contributed by atoms with van der Waals surface area (Å²) in [7, 11) is 0. The van der Waals surface area contributed by atoms with Gasteiger partial charge in [-0.3, -0.25) is 0 Å². The molecule has 128 valence electrons. The Morgan fingerprint density at radius 2 is 1.00 bits per heavy atom. The first-order valence-electron chi connectivity index (χ1n) is 6.83. The topological polar surface area (TPSA) is 36.9 Å². The van der Waals surface area contributed by atoms with Gasteiger partial charge in [-0.05, 0) is 13.8 Å². The van der Waals surface area contributed by atoms with Crippen LogP contribution in [-0.4, -0.2) is 65.7 Å². The molecule has 0 saturated carbocycles. The molecule has 0 rings (SSSR count). The fourth-order valence-corrected chi connectivity index (χ4v) is 1.62. The van der Waals surface area contributed by atoms with Gasteiger partial charge in [-0.1, -0.05) is 0 Å². The number of halogens is 4. The molecule has 0 heterocycles. The smallest absolute Gasteiger partial charge is 0.261 e. The molecule has 0 amide bonds. The van der Waals surface area contributed by atoms with Gasteiger partial charge in [0.15, 0.2) is 0 Å². The fourth-order valence-electron chi connectivity index (χ4n) is 1.62. The number of alkyl halides is 4. The molecule has 21 heavy (non-hydrogen) atoms. The summed E-state index contributed by atoms with van der Waals surface area (Å²) in [5, 5.41) is 0. The molecule has 0 unspecified atom stereocenters. The highest BCUT2D eigenvalue weighted by Gasteiger charge is 2.33. The van der Waals surface area contributed by atoms with Crippen LogP contribution in [0.2, 0.25) is 0 Å². The van der Waals surface area contributed by atoms with E-state index in [1.54, 1.807) is 13.8 Å². The quantitative estimate of drug-likeness (QED) is 0.461. The van der Waals surface area contributed by atoms with Crippen LogP contribution in [0.25, 0.3) is 0 Å². The Balaban J connectivity index is 4.58. The maximum Gasteiger partial charge on any atom is 0.261 e. The second-order valence-corrected chi connectivity index (χ2v) is 4.59. The van der Waals surface area contributed by atoms with Crippen molar-refractivity contribution >= 4 is 0 Å². The third-order valence-corrected chi connectivity index (χ3v) is 2.53. The van der Waals surface area contributed by atoms with E-state index in [1.807, 2.05) is 0 Å². The normalized spacial score (nSPS) is 12.6. The van der Waals surface area contributed by atoms with Crippen molar-refractivity contribution in [3.8, 4) is 0 Å². The molecule has 0 aliphatic rings. The number of ether oxygens (including phenoxy) is 4. The molecule has 0 spiro atoms. The summed E-state index contributed by atoms with van der Waals surface area (Å²) in [6, 6.07) is 0. The van der Waals surface area contributed by atoms with E-state index in [0.29, 0.717) is 13.2 Å². The molecule has 0 aliphatic heterocycles. The van der Waals surface area contributed by atoms with Crippen molar-refractivity contribution in [2.45, 2.75) is 26.7 Å². The van der Waals surface area contributed by atoms with Crippen LogP contribution in [0.5, 0.6) is 0 Å². The van der Waals surface area contributed by atoms with E-state index >= 15 is 0 Å². The Kier molecular flexibility index (Phi) is 11.9. The second-order valence-electron chi connectivity index (χ2n) is 4.59. The molecule has 0 bridgehead atoms. The molecule has 0 aromatic rings. The highest BCUT2D eigenvalue weighted by Crippen LogP contribution is 2.21. The van der Waals surface area contributed by atoms with Gasteiger partial charge in [-0.25, -0.2) is 17.6 Å². The number of hydrogen-bond donors (Lipinski definition) is 0. The molecular weight excluding hydrogens is 296 g/mol. The molecule has 0 aliphatic carbocycles. The third kappa shape index (κ3) is 10.9. The number of hydrogen-bond acceptors (Lipinski definition) is 4. The van der Waals surface area contributed by atoms with E-state index in [0.717, 1.165) is 0 Å². The standard InChI is InChI=1S/C13H24F4O4/c1-3-18-7-13(8-19-4-2,9-20-5-11(14)15)10-21-6-12(16)17/h11-12H,3-10H2,1-2H3. The lowest BCUT2D eigenvalue weighted by Crippen LogP contribution is -2.42. The van der Waals surface area contributed by atoms with Crippen LogP contribution in [0.15, 0.2) is 0 Å². The molecule has 0 N–H and O–H groups in total. The van der Waals surface area contributed by atoms with Crippen molar-refractivity contribution in [3.05, 3.63) is 0 Å². The number of rotatable bonds is 14. The average molecular weight is 320 g/mol. The average Bonchev–Trinajstić information content (AvgIpc) is 2.41. The first kappa shape index (κ1) is 20.6. The molecule has 0 radical (unpaired) electrons. The van der Waals surface area contributed by atoms with E-state index in [4.69, 9.17) is 18.9 Å². The lowest BCUT2D eigenvalue weighted by atomic mass is 9.92. The second kappa shape index (κ2) is 12.1. The maximum absolute atomic E-state index is 12.2. The van der Waals surface area contributed by atoms with E-state index in [-0.39, 0.29) is 26.4 Å². The Bertz CT molecular complexity index is 218. The van der Waals surface area contributed by atoms with Crippen molar-refractivity contribution in [3.63, 3.8) is 0 Å². The van der Waals surface area contributed by atoms with E-state index in [2.05, 4.69) is 0 Å². The van der Waals surface area contributed by atoms with Gasteiger partial charge < -0.3 is 18.9 Å². The third-order valence-electron chi connectivity index (χ3n) is 2.53. The van der Waals surface area contributed by atoms with Crippen LogP contribution in [0.4, 0.5) is 17.6 Å². The summed E-state index contributed by atoms with van der Waals surface area (Å²) >= 11 is 0. The van der Waals surface area contributed by atoms with Crippen molar-refractivity contribution in [1.29, 1.82) is 0 Å². The Morgan fingerprint density at radius 3 is 1.29 bits per heavy atom. The zero-order chi connectivity index (χ0) is 16.1. The largest absolute Gasteiger partial charge is 0.381 e. The predicted octanol–water partition coefficient (Wildman–Crippen LogP) is 2.61. The highest BCUT2D eigenvalue weighted by atomic mass is 19.3. The molecule has 0 fully saturated rings. The minimum Gasteiger partial charge on any atom is -0.381 e. The van der Waals surface area contributed by atoms with Crippen molar-refractivity contribution < 1.29 is 36.5 Å². The summed E-state index contributed by atoms with van der Waals surface area (Å²) in [5.74, 6) is 0. The summed E-state index contributed by atoms with van der Waals surface area (Å²) < 4.78 is 69.1. The maximum atomic E-state index is 12.2. The minimum atomic E-state index is -2.59. The van der Waals surface area contributed by atoms with Gasteiger partial charge >= 0.3 is 0 Å². The van der Waals surface area contributed by atoms with Gasteiger partial charge in [0.25, 0.3) is 12.9 Å². The van der Waals surface area contributed by atoms with E-state index < -0.39 is 31.5 Å². The van der Waals surface area contributed by atoms with Crippen LogP contribution in [0, 0.1) is 5.41 Å². The van der Waals surface area contributed by atoms with Crippen LogP contribution < -0.4 is 0 Å². The van der Waals surface area contributed by atoms with Crippen LogP contribution in [-0.2, 0) is 18.9 Å². The SMILES string of the molecule is CCOCC(COCC)(COCC(F)F)COCC(F)F. The Morgan fingerprint density at radius 1 is 0.667 bits per heavy atom. The summed E-state index contributed by atoms with van der Waals surface area (Å²) in [6.07, 6.45) is -5.19. The van der Waals surface area contributed by atoms with Gasteiger partial charge in [0.05, 0.1) is 31.8 Å². The molecule has 0 aromatic carbocycles. The van der Waals surface area contributed by atoms with Crippen LogP contribution in [0.3, 0.4) is 0 Å². The predicted molar refractivity (Wildman–Crippen MR) is 69.1 cm³/mol. The van der Waals surface area contributed by atoms with E-state index in [1.165, 1.54) is 0 Å². The fraction of sp³-hybridized carbons (Fsp3) is 1.00. The molecule has 0 aromatic heterocycles. The molecule has 0 saturated heterocycles. The van der Waals surface area contributed by atoms with Gasteiger partial charge in [-0.2, -0.15) is 0 Å². The lowest BCUT2D eigenvalue weighted by molar-refractivity contribution is -0.123. The van der Waals surface area contributed by atoms with Gasteiger partial charge in [0.1, 0.15) is 13.2 Å². The van der Waals surface area contributed by atoms with E-state index in [9.17, 15) is 17.6 Å². The zero-order valence-electron chi connectivity index (χ0n) is 12.5. The molecule has 4 nitrogen and oxygen atoms in total. The molecule has 8 heteroatoms. The van der Waals surface area contributed by atoms with Gasteiger partial charge in [0.2, 0.25) is 0 Å². The summed E-state index contributed by atoms with van der Waals surface area (Å²) in [4.78, 5) is 0. The zero-order valence-corrected chi connectivity index (χ0v) is 12.5. The minimum absolute atomic E-state index is 0.111. The monoisotopic (exact) mass is 320 g/mol. The van der Waals surface area contributed by atoms with Crippen molar-refractivity contribution in [2.24, 2.45) is 5.41 Å². The van der Waals surface area contributed by atoms with Crippen molar-refractivity contribution in [2.75, 3.05) is 52.9 Å². The summed E-state index contributed by atoms with van der Waals surface area (Å²) in [5.41, 5.74) is -0.879. The first-order chi connectivity index (χ1) is 9.95. The molecule has 0 atom stereocenters. The van der Waals surface area contributed by atoms with Crippen LogP contribution >= 0.6 is 0 Å². The summed E-state index contributed by atoms with van der Waals surface area (Å²) in [6.45, 7) is 2.91. The van der Waals surface area contributed by atoms with Crippen LogP contribution in [0.1, 0.15) is 13.8 Å². The Labute approximate surface area is 122 Å². The molecular formula is C13H24F4O4. The van der Waals surface area contributed by atoms with Gasteiger partial charge in [0, 0.05) is 13.2 Å². The lowest BCUT2D eigenvalue weighted by Gasteiger charge is -2.32. The van der Waals surface area contributed by atoms with Crippen molar-refractivity contribution in [1.82, 2.24) is 0 Å². The Hall–Kier alpha value is -0.440. The highest BCUT2D eigenvalue weighted by molar-refractivity contribution is 4.79.